The van der Waals surface area contributed by atoms with Gasteiger partial charge in [-0.25, -0.2) is 9.67 Å². The number of nitrogens with one attached hydrogen (secondary N) is 1. The van der Waals surface area contributed by atoms with Gasteiger partial charge in [-0.15, -0.1) is 0 Å². The molecule has 1 N–H and O–H groups in total. The summed E-state index contributed by atoms with van der Waals surface area (Å²) in [6.45, 7) is 1.14. The van der Waals surface area contributed by atoms with Crippen LogP contribution in [0.1, 0.15) is 24.1 Å². The summed E-state index contributed by atoms with van der Waals surface area (Å²) >= 11 is 0. The predicted octanol–water partition coefficient (Wildman–Crippen LogP) is 1.38. The molecule has 0 aliphatic heterocycles. The fourth-order valence-electron chi connectivity index (χ4n) is 2.06. The molecule has 6 heteroatoms. The Balaban J connectivity index is 1.76. The first-order valence-corrected chi connectivity index (χ1v) is 6.91. The normalized spacial score (nSPS) is 13.7. The van der Waals surface area contributed by atoms with Crippen LogP contribution in [0.4, 0.5) is 5.69 Å². The molecule has 1 aliphatic carbocycles. The van der Waals surface area contributed by atoms with E-state index < -0.39 is 0 Å². The molecule has 1 fully saturated rings. The monoisotopic (exact) mass is 281 g/mol. The standard InChI is InChI=1S/C15H15N5O/c16-7-14-12(2-1-5-17-14)10-20-15(21)6-13(9-19-20)18-8-11-3-4-11/h1-2,5-6,9,11,18H,3-4,8,10H2. The lowest BCUT2D eigenvalue weighted by Crippen LogP contribution is -2.23. The Hall–Kier alpha value is -2.68. The Morgan fingerprint density at radius 2 is 2.33 bits per heavy atom. The first-order valence-electron chi connectivity index (χ1n) is 6.91. The van der Waals surface area contributed by atoms with Crippen molar-refractivity contribution in [2.45, 2.75) is 19.4 Å². The average molecular weight is 281 g/mol. The molecule has 1 aliphatic rings. The van der Waals surface area contributed by atoms with Crippen LogP contribution in [0.15, 0.2) is 35.4 Å². The topological polar surface area (TPSA) is 83.6 Å². The van der Waals surface area contributed by atoms with Crippen LogP contribution in [0.2, 0.25) is 0 Å². The molecule has 0 saturated heterocycles. The van der Waals surface area contributed by atoms with Gasteiger partial charge in [0.05, 0.1) is 18.4 Å². The fraction of sp³-hybridized carbons (Fsp3) is 0.333. The van der Waals surface area contributed by atoms with Crippen molar-refractivity contribution in [3.05, 3.63) is 52.2 Å². The second-order valence-electron chi connectivity index (χ2n) is 5.19. The van der Waals surface area contributed by atoms with Gasteiger partial charge in [-0.05, 0) is 24.8 Å². The number of nitriles is 1. The maximum atomic E-state index is 12.1. The predicted molar refractivity (Wildman–Crippen MR) is 77.8 cm³/mol. The second-order valence-corrected chi connectivity index (χ2v) is 5.19. The van der Waals surface area contributed by atoms with Crippen LogP contribution < -0.4 is 10.9 Å². The Kier molecular flexibility index (Phi) is 3.65. The van der Waals surface area contributed by atoms with Crippen molar-refractivity contribution >= 4 is 5.69 Å². The van der Waals surface area contributed by atoms with E-state index >= 15 is 0 Å². The van der Waals surface area contributed by atoms with Gasteiger partial charge in [0, 0.05) is 24.4 Å². The first kappa shape index (κ1) is 13.3. The molecular formula is C15H15N5O. The molecule has 2 aromatic rings. The van der Waals surface area contributed by atoms with Gasteiger partial charge in [0.1, 0.15) is 11.8 Å². The van der Waals surface area contributed by atoms with Crippen molar-refractivity contribution < 1.29 is 0 Å². The van der Waals surface area contributed by atoms with Crippen LogP contribution in [0, 0.1) is 17.2 Å². The van der Waals surface area contributed by atoms with Gasteiger partial charge in [0.15, 0.2) is 0 Å². The fourth-order valence-corrected chi connectivity index (χ4v) is 2.06. The molecule has 0 unspecified atom stereocenters. The van der Waals surface area contributed by atoms with Crippen LogP contribution in [0.5, 0.6) is 0 Å². The van der Waals surface area contributed by atoms with Crippen LogP contribution in [0.25, 0.3) is 0 Å². The molecule has 0 radical (unpaired) electrons. The number of hydrogen-bond donors (Lipinski definition) is 1. The number of pyridine rings is 1. The van der Waals surface area contributed by atoms with Crippen molar-refractivity contribution in [2.75, 3.05) is 11.9 Å². The molecule has 0 bridgehead atoms. The van der Waals surface area contributed by atoms with Crippen LogP contribution in [-0.2, 0) is 6.54 Å². The average Bonchev–Trinajstić information content (AvgIpc) is 3.32. The van der Waals surface area contributed by atoms with Gasteiger partial charge < -0.3 is 5.32 Å². The summed E-state index contributed by atoms with van der Waals surface area (Å²) in [4.78, 5) is 16.0. The Morgan fingerprint density at radius 3 is 3.05 bits per heavy atom. The third kappa shape index (κ3) is 3.26. The minimum absolute atomic E-state index is 0.191. The smallest absolute Gasteiger partial charge is 0.269 e. The zero-order valence-electron chi connectivity index (χ0n) is 11.5. The SMILES string of the molecule is N#Cc1ncccc1Cn1ncc(NCC2CC2)cc1=O. The molecular weight excluding hydrogens is 266 g/mol. The Labute approximate surface area is 122 Å². The number of anilines is 1. The Bertz CT molecular complexity index is 742. The number of hydrogen-bond acceptors (Lipinski definition) is 5. The summed E-state index contributed by atoms with van der Waals surface area (Å²) in [7, 11) is 0. The molecule has 0 amide bonds. The van der Waals surface area contributed by atoms with Gasteiger partial charge in [-0.1, -0.05) is 6.07 Å². The summed E-state index contributed by atoms with van der Waals surface area (Å²) in [5, 5.41) is 16.4. The third-order valence-corrected chi connectivity index (χ3v) is 3.48. The largest absolute Gasteiger partial charge is 0.383 e. The van der Waals surface area contributed by atoms with Crippen LogP contribution >= 0.6 is 0 Å². The van der Waals surface area contributed by atoms with E-state index in [-0.39, 0.29) is 12.1 Å². The second kappa shape index (κ2) is 5.75. The number of aromatic nitrogens is 3. The molecule has 0 atom stereocenters. The summed E-state index contributed by atoms with van der Waals surface area (Å²) in [6, 6.07) is 7.08. The first-order chi connectivity index (χ1) is 10.3. The lowest BCUT2D eigenvalue weighted by atomic mass is 10.2. The van der Waals surface area contributed by atoms with Gasteiger partial charge in [0.25, 0.3) is 5.56 Å². The minimum Gasteiger partial charge on any atom is -0.383 e. The van der Waals surface area contributed by atoms with Crippen molar-refractivity contribution in [3.8, 4) is 6.07 Å². The molecule has 0 spiro atoms. The van der Waals surface area contributed by atoms with E-state index in [2.05, 4.69) is 15.4 Å². The van der Waals surface area contributed by atoms with Crippen molar-refractivity contribution in [3.63, 3.8) is 0 Å². The van der Waals surface area contributed by atoms with Gasteiger partial charge in [0.2, 0.25) is 0 Å². The molecule has 6 nitrogen and oxygen atoms in total. The Morgan fingerprint density at radius 1 is 1.48 bits per heavy atom. The highest BCUT2D eigenvalue weighted by Gasteiger charge is 2.20. The van der Waals surface area contributed by atoms with Gasteiger partial charge in [-0.2, -0.15) is 10.4 Å². The van der Waals surface area contributed by atoms with Crippen LogP contribution in [0.3, 0.4) is 0 Å². The zero-order valence-corrected chi connectivity index (χ0v) is 11.5. The van der Waals surface area contributed by atoms with E-state index in [1.54, 1.807) is 24.5 Å². The third-order valence-electron chi connectivity index (χ3n) is 3.48. The summed E-state index contributed by atoms with van der Waals surface area (Å²) in [6.07, 6.45) is 5.72. The molecule has 2 aromatic heterocycles. The van der Waals surface area contributed by atoms with E-state index in [0.717, 1.165) is 18.2 Å². The van der Waals surface area contributed by atoms with Crippen molar-refractivity contribution in [1.82, 2.24) is 14.8 Å². The maximum Gasteiger partial charge on any atom is 0.269 e. The zero-order chi connectivity index (χ0) is 14.7. The van der Waals surface area contributed by atoms with E-state index in [9.17, 15) is 4.79 Å². The van der Waals surface area contributed by atoms with Gasteiger partial charge >= 0.3 is 0 Å². The molecule has 0 aromatic carbocycles. The van der Waals surface area contributed by atoms with Crippen molar-refractivity contribution in [1.29, 1.82) is 5.26 Å². The quantitative estimate of drug-likeness (QED) is 0.895. The van der Waals surface area contributed by atoms with E-state index in [1.807, 2.05) is 6.07 Å². The van der Waals surface area contributed by atoms with Gasteiger partial charge in [-0.3, -0.25) is 4.79 Å². The summed E-state index contributed by atoms with van der Waals surface area (Å²) < 4.78 is 1.33. The number of rotatable bonds is 5. The maximum absolute atomic E-state index is 12.1. The molecule has 21 heavy (non-hydrogen) atoms. The molecule has 3 rings (SSSR count). The molecule has 106 valence electrons. The highest BCUT2D eigenvalue weighted by molar-refractivity contribution is 5.39. The van der Waals surface area contributed by atoms with E-state index in [0.29, 0.717) is 11.3 Å². The number of nitrogens with zero attached hydrogens (tertiary/aromatic N) is 4. The van der Waals surface area contributed by atoms with Crippen molar-refractivity contribution in [2.24, 2.45) is 5.92 Å². The molecule has 1 saturated carbocycles. The highest BCUT2D eigenvalue weighted by atomic mass is 16.1. The van der Waals surface area contributed by atoms with Crippen LogP contribution in [-0.4, -0.2) is 21.3 Å². The lowest BCUT2D eigenvalue weighted by Gasteiger charge is -2.08. The van der Waals surface area contributed by atoms with E-state index in [4.69, 9.17) is 5.26 Å². The van der Waals surface area contributed by atoms with E-state index in [1.165, 1.54) is 23.6 Å². The summed E-state index contributed by atoms with van der Waals surface area (Å²) in [5.74, 6) is 0.737. The molecule has 2 heterocycles. The minimum atomic E-state index is -0.191. The summed E-state index contributed by atoms with van der Waals surface area (Å²) in [5.41, 5.74) is 1.56. The lowest BCUT2D eigenvalue weighted by molar-refractivity contribution is 0.636. The highest BCUT2D eigenvalue weighted by Crippen LogP contribution is 2.28.